The van der Waals surface area contributed by atoms with Crippen molar-refractivity contribution in [2.24, 2.45) is 0 Å². The lowest BCUT2D eigenvalue weighted by molar-refractivity contribution is 0.443. The molecule has 0 aromatic carbocycles. The molecule has 18 heavy (non-hydrogen) atoms. The molecule has 0 saturated carbocycles. The van der Waals surface area contributed by atoms with Gasteiger partial charge in [-0.05, 0) is 38.3 Å². The van der Waals surface area contributed by atoms with Crippen LogP contribution in [0.5, 0.6) is 5.88 Å². The summed E-state index contributed by atoms with van der Waals surface area (Å²) < 4.78 is 5.39. The van der Waals surface area contributed by atoms with Crippen molar-refractivity contribution in [2.45, 2.75) is 38.9 Å². The highest BCUT2D eigenvalue weighted by molar-refractivity contribution is 8.08. The van der Waals surface area contributed by atoms with E-state index >= 15 is 0 Å². The van der Waals surface area contributed by atoms with Gasteiger partial charge in [-0.1, -0.05) is 18.7 Å². The Morgan fingerprint density at radius 1 is 1.56 bits per heavy atom. The van der Waals surface area contributed by atoms with E-state index < -0.39 is 6.64 Å². The van der Waals surface area contributed by atoms with E-state index in [4.69, 9.17) is 16.3 Å². The average molecular weight is 307 g/mol. The molecule has 1 atom stereocenters. The van der Waals surface area contributed by atoms with Gasteiger partial charge >= 0.3 is 6.64 Å². The summed E-state index contributed by atoms with van der Waals surface area (Å²) in [6.45, 7) is 4.61. The van der Waals surface area contributed by atoms with Gasteiger partial charge in [0.25, 0.3) is 0 Å². The summed E-state index contributed by atoms with van der Waals surface area (Å²) in [4.78, 5) is 18.4. The van der Waals surface area contributed by atoms with Gasteiger partial charge in [-0.2, -0.15) is 4.98 Å². The van der Waals surface area contributed by atoms with Gasteiger partial charge in [0.15, 0.2) is 5.16 Å². The molecular weight excluding hydrogens is 289 g/mol. The second-order valence-electron chi connectivity index (χ2n) is 3.96. The smallest absolute Gasteiger partial charge is 0.311 e. The van der Waals surface area contributed by atoms with Crippen molar-refractivity contribution in [1.82, 2.24) is 15.1 Å². The quantitative estimate of drug-likeness (QED) is 0.475. The molecular formula is C10H18N3O2PS2. The summed E-state index contributed by atoms with van der Waals surface area (Å²) in [5.41, 5.74) is 0.787. The molecule has 0 fully saturated rings. The van der Waals surface area contributed by atoms with E-state index in [0.29, 0.717) is 11.0 Å². The van der Waals surface area contributed by atoms with Crippen LogP contribution in [0.1, 0.15) is 26.5 Å². The van der Waals surface area contributed by atoms with Crippen LogP contribution < -0.4 is 9.61 Å². The van der Waals surface area contributed by atoms with E-state index in [9.17, 15) is 4.89 Å². The van der Waals surface area contributed by atoms with Gasteiger partial charge in [-0.15, -0.1) is 0 Å². The third kappa shape index (κ3) is 5.63. The lowest BCUT2D eigenvalue weighted by Crippen LogP contribution is -2.21. The van der Waals surface area contributed by atoms with E-state index in [1.807, 2.05) is 27.7 Å². The van der Waals surface area contributed by atoms with Gasteiger partial charge in [0.1, 0.15) is 0 Å². The maximum Gasteiger partial charge on any atom is 0.311 e. The van der Waals surface area contributed by atoms with Gasteiger partial charge < -0.3 is 9.42 Å². The molecule has 1 aromatic heterocycles. The minimum absolute atomic E-state index is 0.0493. The van der Waals surface area contributed by atoms with Crippen molar-refractivity contribution in [3.05, 3.63) is 11.8 Å². The molecule has 1 aromatic rings. The number of rotatable bonds is 6. The Morgan fingerprint density at radius 3 is 2.78 bits per heavy atom. The predicted molar refractivity (Wildman–Crippen MR) is 78.6 cm³/mol. The van der Waals surface area contributed by atoms with Gasteiger partial charge in [0, 0.05) is 17.8 Å². The number of nitrogens with one attached hydrogen (secondary N) is 1. The summed E-state index contributed by atoms with van der Waals surface area (Å²) in [6.07, 6.45) is 0. The van der Waals surface area contributed by atoms with E-state index in [1.54, 1.807) is 6.07 Å². The largest absolute Gasteiger partial charge is 0.414 e. The van der Waals surface area contributed by atoms with Crippen LogP contribution in [0, 0.1) is 6.92 Å². The van der Waals surface area contributed by atoms with E-state index in [1.165, 1.54) is 11.8 Å². The molecule has 1 unspecified atom stereocenters. The molecule has 1 heterocycles. The van der Waals surface area contributed by atoms with Gasteiger partial charge in [-0.25, -0.2) is 10.1 Å². The highest BCUT2D eigenvalue weighted by Crippen LogP contribution is 2.38. The maximum atomic E-state index is 9.98. The van der Waals surface area contributed by atoms with Crippen molar-refractivity contribution >= 4 is 30.2 Å². The summed E-state index contributed by atoms with van der Waals surface area (Å²) in [6, 6.07) is 1.71. The first kappa shape index (κ1) is 15.9. The van der Waals surface area contributed by atoms with E-state index in [2.05, 4.69) is 15.1 Å². The Bertz CT molecular complexity index is 457. The Balaban J connectivity index is 2.86. The highest BCUT2D eigenvalue weighted by Gasteiger charge is 2.18. The summed E-state index contributed by atoms with van der Waals surface area (Å²) in [5.74, 6) is 1.19. The monoisotopic (exact) mass is 307 g/mol. The zero-order valence-electron chi connectivity index (χ0n) is 10.9. The summed E-state index contributed by atoms with van der Waals surface area (Å²) in [5, 5.41) is 3.46. The molecule has 2 N–H and O–H groups in total. The van der Waals surface area contributed by atoms with Crippen molar-refractivity contribution in [1.29, 1.82) is 0 Å². The molecule has 0 saturated heterocycles. The topological polar surface area (TPSA) is 67.3 Å². The minimum atomic E-state index is -3.05. The summed E-state index contributed by atoms with van der Waals surface area (Å²) >= 11 is 6.54. The van der Waals surface area contributed by atoms with Crippen LogP contribution in [0.15, 0.2) is 11.2 Å². The van der Waals surface area contributed by atoms with Crippen LogP contribution in [-0.4, -0.2) is 26.7 Å². The number of thioether (sulfide) groups is 1. The van der Waals surface area contributed by atoms with Crippen LogP contribution in [0.25, 0.3) is 0 Å². The molecule has 1 rings (SSSR count). The first-order valence-electron chi connectivity index (χ1n) is 5.61. The fourth-order valence-corrected chi connectivity index (χ4v) is 3.77. The molecule has 8 heteroatoms. The fraction of sp³-hybridized carbons (Fsp3) is 0.600. The zero-order valence-corrected chi connectivity index (χ0v) is 13.4. The van der Waals surface area contributed by atoms with Crippen molar-refractivity contribution in [3.63, 3.8) is 0 Å². The normalized spacial score (nSPS) is 14.6. The first-order valence-corrected chi connectivity index (χ1v) is 9.27. The van der Waals surface area contributed by atoms with Crippen molar-refractivity contribution in [2.75, 3.05) is 5.75 Å². The number of aromatic nitrogens is 2. The minimum Gasteiger partial charge on any atom is -0.414 e. The zero-order chi connectivity index (χ0) is 13.8. The second kappa shape index (κ2) is 6.82. The third-order valence-electron chi connectivity index (χ3n) is 1.72. The summed E-state index contributed by atoms with van der Waals surface area (Å²) in [7, 11) is 0. The molecule has 0 aliphatic carbocycles. The molecule has 5 nitrogen and oxygen atoms in total. The Labute approximate surface area is 117 Å². The molecule has 0 amide bonds. The molecule has 0 aliphatic rings. The van der Waals surface area contributed by atoms with Crippen molar-refractivity contribution < 1.29 is 9.42 Å². The highest BCUT2D eigenvalue weighted by atomic mass is 32.5. The fourth-order valence-electron chi connectivity index (χ4n) is 1.23. The molecule has 102 valence electrons. The van der Waals surface area contributed by atoms with Gasteiger partial charge in [0.2, 0.25) is 5.88 Å². The number of aryl methyl sites for hydroxylation is 1. The predicted octanol–water partition coefficient (Wildman–Crippen LogP) is 2.49. The third-order valence-corrected chi connectivity index (χ3v) is 4.27. The van der Waals surface area contributed by atoms with Crippen LogP contribution >= 0.6 is 18.4 Å². The number of nitrogens with zero attached hydrogens (tertiary/aromatic N) is 2. The molecule has 0 aliphatic heterocycles. The van der Waals surface area contributed by atoms with Crippen LogP contribution in [0.3, 0.4) is 0 Å². The Kier molecular flexibility index (Phi) is 6.01. The molecule has 0 spiro atoms. The lowest BCUT2D eigenvalue weighted by atomic mass is 10.4. The average Bonchev–Trinajstić information content (AvgIpc) is 2.12. The van der Waals surface area contributed by atoms with E-state index in [-0.39, 0.29) is 6.04 Å². The molecule has 0 radical (unpaired) electrons. The van der Waals surface area contributed by atoms with Gasteiger partial charge in [0.05, 0.1) is 0 Å². The standard InChI is InChI=1S/C10H18N3O2PS2/c1-5-18-10-11-8(4)6-9(12-10)15-16(14,17)13-7(2)3/h6-7H,5H2,1-4H3,(H2,13,14,17). The first-order chi connectivity index (χ1) is 8.32. The maximum absolute atomic E-state index is 9.98. The Hall–Kier alpha value is -0.200. The van der Waals surface area contributed by atoms with Crippen LogP contribution in [0.2, 0.25) is 0 Å². The number of hydrogen-bond acceptors (Lipinski definition) is 5. The van der Waals surface area contributed by atoms with Crippen LogP contribution in [-0.2, 0) is 11.8 Å². The number of hydrogen-bond donors (Lipinski definition) is 2. The van der Waals surface area contributed by atoms with Gasteiger partial charge in [-0.3, -0.25) is 0 Å². The van der Waals surface area contributed by atoms with Crippen molar-refractivity contribution in [3.8, 4) is 5.88 Å². The SMILES string of the molecule is CCSc1nc(C)cc(OP(O)(=S)NC(C)C)n1. The van der Waals surface area contributed by atoms with E-state index in [0.717, 1.165) is 11.4 Å². The Morgan fingerprint density at radius 2 is 2.22 bits per heavy atom. The lowest BCUT2D eigenvalue weighted by Gasteiger charge is -2.19. The molecule has 0 bridgehead atoms. The second-order valence-corrected chi connectivity index (χ2v) is 8.16. The van der Waals surface area contributed by atoms with Crippen LogP contribution in [0.4, 0.5) is 0 Å².